The van der Waals surface area contributed by atoms with Gasteiger partial charge < -0.3 is 38.4 Å². The highest BCUT2D eigenvalue weighted by Crippen LogP contribution is 2.58. The molecule has 26 heteroatoms. The Morgan fingerprint density at radius 1 is 0.326 bits per heavy atom. The minimum absolute atomic E-state index is 0.00103. The Labute approximate surface area is 600 Å². The molecule has 0 aliphatic carbocycles. The van der Waals surface area contributed by atoms with Crippen LogP contribution in [0.2, 0.25) is 60.3 Å². The molecule has 0 unspecified atom stereocenters. The summed E-state index contributed by atoms with van der Waals surface area (Å²) in [5, 5.41) is -0.531. The van der Waals surface area contributed by atoms with E-state index in [1.165, 1.54) is 14.2 Å². The maximum Gasteiger partial charge on any atom is 0.211 e. The Morgan fingerprint density at radius 2 is 0.663 bits per heavy atom. The zero-order valence-electron chi connectivity index (χ0n) is 49.3. The van der Waals surface area contributed by atoms with Crippen molar-refractivity contribution < 1.29 is 28.4 Å². The molecule has 2 aliphatic heterocycles. The first kappa shape index (κ1) is 64.9. The number of ether oxygens (including phenoxy) is 6. The van der Waals surface area contributed by atoms with Gasteiger partial charge in [0, 0.05) is 11.1 Å². The third-order valence-electron chi connectivity index (χ3n) is 15.6. The highest BCUT2D eigenvalue weighted by Gasteiger charge is 2.36. The quantitative estimate of drug-likeness (QED) is 0.0992. The minimum Gasteiger partial charge on any atom is -0.493 e. The van der Waals surface area contributed by atoms with Crippen LogP contribution in [0.5, 0.6) is 51.7 Å². The minimum atomic E-state index is -0.167. The van der Waals surface area contributed by atoms with Crippen molar-refractivity contribution in [1.82, 2.24) is 39.9 Å². The van der Waals surface area contributed by atoms with Crippen LogP contribution in [0, 0.1) is 5.92 Å². The van der Waals surface area contributed by atoms with Crippen molar-refractivity contribution in [2.75, 3.05) is 20.8 Å². The number of aromatic nitrogens is 8. The number of methoxy groups -OCH3 is 2. The molecule has 14 rings (SSSR count). The van der Waals surface area contributed by atoms with Gasteiger partial charge in [-0.1, -0.05) is 256 Å². The smallest absolute Gasteiger partial charge is 0.211 e. The van der Waals surface area contributed by atoms with Crippen LogP contribution < -0.4 is 28.4 Å². The van der Waals surface area contributed by atoms with Gasteiger partial charge in [0.15, 0.2) is 57.8 Å². The summed E-state index contributed by atoms with van der Waals surface area (Å²) in [4.78, 5) is 37.6. The molecule has 5 heterocycles. The number of hydrogen-bond donors (Lipinski definition) is 2. The Morgan fingerprint density at radius 3 is 1.07 bits per heavy atom. The SMILES string of the molecule is COc1cccc(OC)c1Oc1c(Cl)c(Cl)c2c3nc4nc(nc5[nH]c(nc6nc(nc([nH]3)c2c1Cl)-c1c(Cl)c(Oc2ccccc2-c2ccccc2)c(Cl)c(Cl)c1-6)c1c(Cl)c(OCCC(C)C)c(Cl)c(Cl)c51)-c1c(Cl)c(Oc2ccccc2-c2ccccc2)c(Cl)c(Cl)c1-4. The predicted octanol–water partition coefficient (Wildman–Crippen LogP) is 24.9. The summed E-state index contributed by atoms with van der Waals surface area (Å²) in [6, 6.07) is 38.9. The normalized spacial score (nSPS) is 11.8. The largest absolute Gasteiger partial charge is 0.493 e. The molecular weight excluding hydrogens is 1460 g/mol. The van der Waals surface area contributed by atoms with Crippen LogP contribution in [0.3, 0.4) is 0 Å². The van der Waals surface area contributed by atoms with Crippen molar-refractivity contribution in [3.05, 3.63) is 188 Å². The average Bonchev–Trinajstić information content (AvgIpc) is 1.57. The van der Waals surface area contributed by atoms with Gasteiger partial charge in [0.1, 0.15) is 54.2 Å². The summed E-state index contributed by atoms with van der Waals surface area (Å²) in [7, 11) is 2.92. The lowest BCUT2D eigenvalue weighted by atomic mass is 10.0. The fraction of sp³-hybridized carbons (Fsp3) is 0.101. The summed E-state index contributed by atoms with van der Waals surface area (Å²) in [5.41, 5.74) is 3.45. The number of hydrogen-bond acceptors (Lipinski definition) is 12. The third kappa shape index (κ3) is 11.3. The fourth-order valence-corrected chi connectivity index (χ4v) is 14.6. The lowest BCUT2D eigenvalue weighted by molar-refractivity contribution is 0.290. The van der Waals surface area contributed by atoms with Crippen LogP contribution in [0.25, 0.3) is 112 Å². The number of halogens is 12. The molecule has 3 aromatic heterocycles. The molecular formula is C69H40Cl12N8O6. The van der Waals surface area contributed by atoms with Gasteiger partial charge in [-0.3, -0.25) is 0 Å². The van der Waals surface area contributed by atoms with Crippen LogP contribution in [-0.4, -0.2) is 60.7 Å². The van der Waals surface area contributed by atoms with Gasteiger partial charge in [-0.15, -0.1) is 0 Å². The zero-order valence-corrected chi connectivity index (χ0v) is 58.4. The van der Waals surface area contributed by atoms with E-state index in [1.807, 2.05) is 97.1 Å². The Balaban J connectivity index is 1.12. The molecule has 95 heavy (non-hydrogen) atoms. The van der Waals surface area contributed by atoms with Crippen molar-refractivity contribution in [3.8, 4) is 120 Å². The number of H-pyrrole nitrogens is 2. The molecule has 0 saturated carbocycles. The van der Waals surface area contributed by atoms with E-state index in [0.29, 0.717) is 29.0 Å². The molecule has 9 aromatic carbocycles. The first-order valence-electron chi connectivity index (χ1n) is 28.7. The number of aromatic amines is 2. The summed E-state index contributed by atoms with van der Waals surface area (Å²) in [5.74, 6) is 1.04. The van der Waals surface area contributed by atoms with E-state index in [4.69, 9.17) is 198 Å². The van der Waals surface area contributed by atoms with Gasteiger partial charge in [0.25, 0.3) is 0 Å². The molecule has 2 N–H and O–H groups in total. The van der Waals surface area contributed by atoms with E-state index in [0.717, 1.165) is 11.1 Å². The molecule has 0 fully saturated rings. The van der Waals surface area contributed by atoms with Crippen molar-refractivity contribution in [1.29, 1.82) is 0 Å². The van der Waals surface area contributed by atoms with Crippen molar-refractivity contribution in [3.63, 3.8) is 0 Å². The van der Waals surface area contributed by atoms with Gasteiger partial charge in [0.2, 0.25) is 5.75 Å². The first-order valence-corrected chi connectivity index (χ1v) is 33.2. The molecule has 0 spiro atoms. The molecule has 0 atom stereocenters. The van der Waals surface area contributed by atoms with Crippen LogP contribution in [-0.2, 0) is 0 Å². The number of nitrogens with one attached hydrogen (secondary N) is 2. The lowest BCUT2D eigenvalue weighted by Crippen LogP contribution is -2.02. The van der Waals surface area contributed by atoms with Crippen molar-refractivity contribution >= 4 is 183 Å². The van der Waals surface area contributed by atoms with Crippen LogP contribution in [0.4, 0.5) is 0 Å². The van der Waals surface area contributed by atoms with Crippen LogP contribution >= 0.6 is 139 Å². The summed E-state index contributed by atoms with van der Waals surface area (Å²) >= 11 is 89.7. The number of rotatable bonds is 14. The van der Waals surface area contributed by atoms with E-state index in [-0.39, 0.29) is 203 Å². The monoisotopic (exact) mass is 1500 g/mol. The number of para-hydroxylation sites is 3. The maximum atomic E-state index is 7.68. The van der Waals surface area contributed by atoms with Gasteiger partial charge >= 0.3 is 0 Å². The van der Waals surface area contributed by atoms with E-state index >= 15 is 0 Å². The third-order valence-corrected chi connectivity index (χ3v) is 20.4. The van der Waals surface area contributed by atoms with E-state index in [9.17, 15) is 0 Å². The molecule has 0 saturated heterocycles. The molecule has 0 radical (unpaired) electrons. The molecule has 12 aromatic rings. The van der Waals surface area contributed by atoms with Gasteiger partial charge in [-0.25, -0.2) is 29.9 Å². The number of nitrogens with zero attached hydrogens (tertiary/aromatic N) is 6. The second kappa shape index (κ2) is 26.2. The second-order valence-electron chi connectivity index (χ2n) is 21.7. The average molecular weight is 1500 g/mol. The highest BCUT2D eigenvalue weighted by atomic mass is 35.5. The summed E-state index contributed by atoms with van der Waals surface area (Å²) < 4.78 is 37.8. The summed E-state index contributed by atoms with van der Waals surface area (Å²) in [6.45, 7) is 4.32. The lowest BCUT2D eigenvalue weighted by Gasteiger charge is -2.17. The Kier molecular flexibility index (Phi) is 17.9. The second-order valence-corrected chi connectivity index (χ2v) is 26.3. The molecule has 2 aliphatic rings. The van der Waals surface area contributed by atoms with Crippen LogP contribution in [0.15, 0.2) is 127 Å². The molecule has 8 bridgehead atoms. The standard InChI is InChI=1S/C69H40Cl12N8O6/c1-28(2)26-27-92-58-49(74)41-37(45(70)53(58)78)62-83-66(41)84-65-39-43(51(76)60(55(80)47(39)72)94-34-23-14-12-21-32(34)30-18-9-6-10-19-30)68(88-65)89-69-44-40(48(73)56(81)61(52(44)77)95-57-35(90-3)24-15-25-36(57)91-4)64(87-69)82-63-38-42(67(85-62)86-63)50(75)59(54(79)46(38)71)93-33-22-13-11-20-31(33)29-16-7-5-8-17-29/h5-25,28H,26-27H2,1-4H3,(H2,82,83,84,85,86,87,88,89). The Bertz CT molecular complexity index is 5370. The first-order chi connectivity index (χ1) is 45.9. The van der Waals surface area contributed by atoms with Gasteiger partial charge in [-0.05, 0) is 47.7 Å². The molecule has 0 amide bonds. The van der Waals surface area contributed by atoms with Crippen LogP contribution in [0.1, 0.15) is 20.3 Å². The van der Waals surface area contributed by atoms with E-state index in [2.05, 4.69) is 23.8 Å². The van der Waals surface area contributed by atoms with E-state index < -0.39 is 0 Å². The number of benzene rings is 9. The fourth-order valence-electron chi connectivity index (χ4n) is 11.1. The highest BCUT2D eigenvalue weighted by molar-refractivity contribution is 6.53. The topological polar surface area (TPSA) is 164 Å². The number of fused-ring (bicyclic) bond motifs is 20. The summed E-state index contributed by atoms with van der Waals surface area (Å²) in [6.07, 6.45) is 0.638. The van der Waals surface area contributed by atoms with E-state index in [1.54, 1.807) is 30.3 Å². The molecule has 476 valence electrons. The Hall–Kier alpha value is -7.38. The maximum absolute atomic E-state index is 7.68. The predicted molar refractivity (Wildman–Crippen MR) is 385 cm³/mol. The zero-order chi connectivity index (χ0) is 66.4. The van der Waals surface area contributed by atoms with Gasteiger partial charge in [-0.2, -0.15) is 0 Å². The van der Waals surface area contributed by atoms with Crippen molar-refractivity contribution in [2.45, 2.75) is 20.3 Å². The van der Waals surface area contributed by atoms with Crippen molar-refractivity contribution in [2.24, 2.45) is 5.92 Å². The van der Waals surface area contributed by atoms with Gasteiger partial charge in [0.05, 0.1) is 105 Å². The molecule has 14 nitrogen and oxygen atoms in total.